The van der Waals surface area contributed by atoms with Crippen LogP contribution >= 0.6 is 0 Å². The summed E-state index contributed by atoms with van der Waals surface area (Å²) in [5.41, 5.74) is 2.06. The second-order valence-electron chi connectivity index (χ2n) is 5.78. The zero-order chi connectivity index (χ0) is 18.2. The molecule has 0 saturated carbocycles. The van der Waals surface area contributed by atoms with Crippen LogP contribution in [0.5, 0.6) is 0 Å². The molecule has 0 spiro atoms. The van der Waals surface area contributed by atoms with Gasteiger partial charge < -0.3 is 10.1 Å². The third-order valence-electron chi connectivity index (χ3n) is 3.90. The number of nitrogens with one attached hydrogen (secondary N) is 1. The summed E-state index contributed by atoms with van der Waals surface area (Å²) < 4.78 is 5.43. The number of hydrogen-bond donors (Lipinski definition) is 1. The minimum Gasteiger partial charge on any atom is -0.459 e. The molecular formula is C22H19NO3. The van der Waals surface area contributed by atoms with Gasteiger partial charge in [-0.05, 0) is 23.3 Å². The largest absolute Gasteiger partial charge is 0.459 e. The first kappa shape index (κ1) is 17.4. The molecule has 3 aromatic rings. The van der Waals surface area contributed by atoms with E-state index < -0.39 is 12.0 Å². The quantitative estimate of drug-likeness (QED) is 0.689. The Balaban J connectivity index is 1.75. The van der Waals surface area contributed by atoms with Gasteiger partial charge >= 0.3 is 5.97 Å². The third kappa shape index (κ3) is 4.57. The first-order valence-electron chi connectivity index (χ1n) is 8.35. The molecule has 3 aromatic carbocycles. The van der Waals surface area contributed by atoms with E-state index in [1.807, 2.05) is 54.6 Å². The van der Waals surface area contributed by atoms with Crippen LogP contribution in [0.3, 0.4) is 0 Å². The van der Waals surface area contributed by atoms with Gasteiger partial charge in [0.15, 0.2) is 6.04 Å². The molecule has 0 aliphatic rings. The van der Waals surface area contributed by atoms with Crippen molar-refractivity contribution in [2.24, 2.45) is 0 Å². The lowest BCUT2D eigenvalue weighted by atomic mass is 10.1. The Bertz CT molecular complexity index is 848. The molecule has 26 heavy (non-hydrogen) atoms. The van der Waals surface area contributed by atoms with Gasteiger partial charge in [-0.1, -0.05) is 78.9 Å². The lowest BCUT2D eigenvalue weighted by Gasteiger charge is -2.18. The van der Waals surface area contributed by atoms with Gasteiger partial charge in [0.05, 0.1) is 0 Å². The number of hydrogen-bond acceptors (Lipinski definition) is 3. The lowest BCUT2D eigenvalue weighted by Crippen LogP contribution is -2.34. The topological polar surface area (TPSA) is 55.4 Å². The van der Waals surface area contributed by atoms with Crippen molar-refractivity contribution in [3.8, 4) is 0 Å². The maximum absolute atomic E-state index is 12.6. The van der Waals surface area contributed by atoms with Gasteiger partial charge in [-0.25, -0.2) is 4.79 Å². The molecular weight excluding hydrogens is 326 g/mol. The van der Waals surface area contributed by atoms with Crippen LogP contribution in [0.1, 0.15) is 27.5 Å². The van der Waals surface area contributed by atoms with E-state index in [9.17, 15) is 9.59 Å². The molecule has 0 aliphatic heterocycles. The van der Waals surface area contributed by atoms with E-state index in [0.717, 1.165) is 5.56 Å². The number of benzene rings is 3. The molecule has 0 fully saturated rings. The summed E-state index contributed by atoms with van der Waals surface area (Å²) in [6.45, 7) is 0.157. The summed E-state index contributed by atoms with van der Waals surface area (Å²) in [6.07, 6.45) is 0. The van der Waals surface area contributed by atoms with Crippen molar-refractivity contribution in [2.45, 2.75) is 12.6 Å². The molecule has 0 heterocycles. The van der Waals surface area contributed by atoms with Crippen LogP contribution in [0, 0.1) is 0 Å². The third-order valence-corrected chi connectivity index (χ3v) is 3.90. The molecule has 0 saturated heterocycles. The highest BCUT2D eigenvalue weighted by molar-refractivity contribution is 5.97. The molecule has 0 radical (unpaired) electrons. The standard InChI is InChI=1S/C22H19NO3/c24-21(19-14-8-3-9-15-19)23-20(18-12-6-2-7-13-18)22(25)26-16-17-10-4-1-5-11-17/h1-15,20H,16H2,(H,23,24)/t20-/m0/s1. The zero-order valence-electron chi connectivity index (χ0n) is 14.2. The molecule has 4 nitrogen and oxygen atoms in total. The molecule has 0 unspecified atom stereocenters. The van der Waals surface area contributed by atoms with Gasteiger partial charge in [0.2, 0.25) is 0 Å². The van der Waals surface area contributed by atoms with Gasteiger partial charge in [0.1, 0.15) is 6.61 Å². The molecule has 3 rings (SSSR count). The van der Waals surface area contributed by atoms with E-state index in [2.05, 4.69) is 5.32 Å². The van der Waals surface area contributed by atoms with Crippen molar-refractivity contribution in [1.82, 2.24) is 5.32 Å². The fourth-order valence-electron chi connectivity index (χ4n) is 2.54. The van der Waals surface area contributed by atoms with E-state index in [1.165, 1.54) is 0 Å². The molecule has 0 bridgehead atoms. The van der Waals surface area contributed by atoms with Crippen molar-refractivity contribution in [2.75, 3.05) is 0 Å². The summed E-state index contributed by atoms with van der Waals surface area (Å²) in [5, 5.41) is 2.77. The van der Waals surface area contributed by atoms with E-state index >= 15 is 0 Å². The fraction of sp³-hybridized carbons (Fsp3) is 0.0909. The fourth-order valence-corrected chi connectivity index (χ4v) is 2.54. The normalized spacial score (nSPS) is 11.4. The first-order valence-corrected chi connectivity index (χ1v) is 8.35. The summed E-state index contributed by atoms with van der Waals surface area (Å²) in [5.74, 6) is -0.819. The molecule has 1 atom stereocenters. The van der Waals surface area contributed by atoms with Gasteiger partial charge in [-0.2, -0.15) is 0 Å². The number of carbonyl (C=O) groups excluding carboxylic acids is 2. The van der Waals surface area contributed by atoms with Crippen molar-refractivity contribution >= 4 is 11.9 Å². The van der Waals surface area contributed by atoms with E-state index in [1.54, 1.807) is 36.4 Å². The Morgan fingerprint density at radius 3 is 1.92 bits per heavy atom. The van der Waals surface area contributed by atoms with Gasteiger partial charge in [0, 0.05) is 5.56 Å². The smallest absolute Gasteiger partial charge is 0.333 e. The Hall–Kier alpha value is -3.40. The molecule has 130 valence electrons. The Kier molecular flexibility index (Phi) is 5.78. The number of carbonyl (C=O) groups is 2. The monoisotopic (exact) mass is 345 g/mol. The average molecular weight is 345 g/mol. The summed E-state index contributed by atoms with van der Waals surface area (Å²) in [7, 11) is 0. The van der Waals surface area contributed by atoms with Crippen molar-refractivity contribution in [3.05, 3.63) is 108 Å². The lowest BCUT2D eigenvalue weighted by molar-refractivity contribution is -0.147. The van der Waals surface area contributed by atoms with Crippen LogP contribution in [0.15, 0.2) is 91.0 Å². The van der Waals surface area contributed by atoms with Crippen LogP contribution in [-0.2, 0) is 16.1 Å². The number of esters is 1. The molecule has 0 aromatic heterocycles. The van der Waals surface area contributed by atoms with E-state index in [4.69, 9.17) is 4.74 Å². The predicted octanol–water partition coefficient (Wildman–Crippen LogP) is 3.90. The van der Waals surface area contributed by atoms with Crippen molar-refractivity contribution < 1.29 is 14.3 Å². The van der Waals surface area contributed by atoms with Crippen LogP contribution in [0.2, 0.25) is 0 Å². The van der Waals surface area contributed by atoms with Crippen molar-refractivity contribution in [3.63, 3.8) is 0 Å². The Labute approximate surface area is 152 Å². The first-order chi connectivity index (χ1) is 12.7. The highest BCUT2D eigenvalue weighted by atomic mass is 16.5. The van der Waals surface area contributed by atoms with Crippen LogP contribution in [0.25, 0.3) is 0 Å². The van der Waals surface area contributed by atoms with Crippen LogP contribution < -0.4 is 5.32 Å². The Morgan fingerprint density at radius 2 is 1.31 bits per heavy atom. The SMILES string of the molecule is O=C(N[C@H](C(=O)OCc1ccccc1)c1ccccc1)c1ccccc1. The maximum Gasteiger partial charge on any atom is 0.333 e. The zero-order valence-corrected chi connectivity index (χ0v) is 14.2. The Morgan fingerprint density at radius 1 is 0.769 bits per heavy atom. The van der Waals surface area contributed by atoms with E-state index in [-0.39, 0.29) is 12.5 Å². The van der Waals surface area contributed by atoms with E-state index in [0.29, 0.717) is 11.1 Å². The minimum atomic E-state index is -0.868. The van der Waals surface area contributed by atoms with Crippen LogP contribution in [-0.4, -0.2) is 11.9 Å². The van der Waals surface area contributed by atoms with Gasteiger partial charge in [-0.3, -0.25) is 4.79 Å². The molecule has 1 amide bonds. The predicted molar refractivity (Wildman–Crippen MR) is 99.3 cm³/mol. The van der Waals surface area contributed by atoms with Crippen molar-refractivity contribution in [1.29, 1.82) is 0 Å². The summed E-state index contributed by atoms with van der Waals surface area (Å²) >= 11 is 0. The maximum atomic E-state index is 12.6. The summed E-state index contributed by atoms with van der Waals surface area (Å²) in [6, 6.07) is 26.4. The van der Waals surface area contributed by atoms with Gasteiger partial charge in [-0.15, -0.1) is 0 Å². The van der Waals surface area contributed by atoms with Gasteiger partial charge in [0.25, 0.3) is 5.91 Å². The number of amides is 1. The van der Waals surface area contributed by atoms with Crippen LogP contribution in [0.4, 0.5) is 0 Å². The number of rotatable bonds is 6. The highest BCUT2D eigenvalue weighted by Gasteiger charge is 2.24. The number of ether oxygens (including phenoxy) is 1. The second kappa shape index (κ2) is 8.62. The second-order valence-corrected chi connectivity index (χ2v) is 5.78. The molecule has 1 N–H and O–H groups in total. The summed E-state index contributed by atoms with van der Waals surface area (Å²) in [4.78, 5) is 25.1. The minimum absolute atomic E-state index is 0.157. The molecule has 4 heteroatoms. The average Bonchev–Trinajstić information content (AvgIpc) is 2.72. The highest BCUT2D eigenvalue weighted by Crippen LogP contribution is 2.16. The molecule has 0 aliphatic carbocycles.